The van der Waals surface area contributed by atoms with Crippen LogP contribution in [0.5, 0.6) is 0 Å². The molecule has 0 fully saturated rings. The molecule has 0 N–H and O–H groups in total. The molecule has 94 valence electrons. The summed E-state index contributed by atoms with van der Waals surface area (Å²) in [6.45, 7) is 4.29. The van der Waals surface area contributed by atoms with Gasteiger partial charge in [0.15, 0.2) is 0 Å². The summed E-state index contributed by atoms with van der Waals surface area (Å²) in [5.41, 5.74) is 2.00. The van der Waals surface area contributed by atoms with Gasteiger partial charge >= 0.3 is 0 Å². The second kappa shape index (κ2) is 5.14. The molecule has 1 heterocycles. The van der Waals surface area contributed by atoms with E-state index in [1.54, 1.807) is 24.3 Å². The average Bonchev–Trinajstić information content (AvgIpc) is 2.59. The van der Waals surface area contributed by atoms with Crippen molar-refractivity contribution in [1.82, 2.24) is 5.06 Å². The van der Waals surface area contributed by atoms with Crippen LogP contribution < -0.4 is 0 Å². The van der Waals surface area contributed by atoms with Crippen molar-refractivity contribution in [3.63, 3.8) is 0 Å². The van der Waals surface area contributed by atoms with Gasteiger partial charge in [0.25, 0.3) is 11.8 Å². The number of amides is 2. The summed E-state index contributed by atoms with van der Waals surface area (Å²) in [5.74, 6) is -0.763. The molecule has 0 bridgehead atoms. The molecule has 4 nitrogen and oxygen atoms in total. The number of carbonyl (C=O) groups excluding carboxylic acids is 2. The highest BCUT2D eigenvalue weighted by Crippen LogP contribution is 2.22. The number of nitrogens with zero attached hydrogens (tertiary/aromatic N) is 1. The number of imide groups is 1. The molecule has 0 saturated carbocycles. The van der Waals surface area contributed by atoms with Gasteiger partial charge in [-0.2, -0.15) is 0 Å². The Morgan fingerprint density at radius 2 is 1.72 bits per heavy atom. The summed E-state index contributed by atoms with van der Waals surface area (Å²) in [6.07, 6.45) is 2.67. The van der Waals surface area contributed by atoms with Crippen molar-refractivity contribution in [2.24, 2.45) is 0 Å². The summed E-state index contributed by atoms with van der Waals surface area (Å²) in [7, 11) is 0. The number of fused-ring (bicyclic) bond motifs is 1. The average molecular weight is 245 g/mol. The fourth-order valence-corrected chi connectivity index (χ4v) is 1.78. The van der Waals surface area contributed by atoms with Crippen LogP contribution in [0.15, 0.2) is 35.9 Å². The first kappa shape index (κ1) is 12.5. The number of hydroxylamine groups is 2. The first-order chi connectivity index (χ1) is 8.61. The number of allylic oxidation sites excluding steroid dienone is 1. The maximum atomic E-state index is 11.9. The van der Waals surface area contributed by atoms with Crippen LogP contribution in [0.2, 0.25) is 0 Å². The van der Waals surface area contributed by atoms with Crippen molar-refractivity contribution < 1.29 is 14.4 Å². The number of carbonyl (C=O) groups is 2. The van der Waals surface area contributed by atoms with E-state index >= 15 is 0 Å². The maximum absolute atomic E-state index is 11.9. The van der Waals surface area contributed by atoms with Crippen molar-refractivity contribution in [2.75, 3.05) is 6.61 Å². The molecule has 0 radical (unpaired) electrons. The molecule has 1 aromatic carbocycles. The Labute approximate surface area is 106 Å². The molecule has 1 aliphatic heterocycles. The Kier molecular flexibility index (Phi) is 3.58. The molecule has 4 heteroatoms. The molecule has 0 unspecified atom stereocenters. The summed E-state index contributed by atoms with van der Waals surface area (Å²) in [6, 6.07) is 6.73. The molecular formula is C14H15NO3. The highest BCUT2D eigenvalue weighted by molar-refractivity contribution is 6.20. The smallest absolute Gasteiger partial charge is 0.266 e. The van der Waals surface area contributed by atoms with Crippen LogP contribution in [0.25, 0.3) is 0 Å². The van der Waals surface area contributed by atoms with Gasteiger partial charge in [-0.25, -0.2) is 0 Å². The molecule has 18 heavy (non-hydrogen) atoms. The Morgan fingerprint density at radius 1 is 1.17 bits per heavy atom. The zero-order valence-corrected chi connectivity index (χ0v) is 10.5. The minimum absolute atomic E-state index is 0.316. The van der Waals surface area contributed by atoms with Gasteiger partial charge in [0, 0.05) is 0 Å². The van der Waals surface area contributed by atoms with Crippen molar-refractivity contribution in [3.8, 4) is 0 Å². The van der Waals surface area contributed by atoms with E-state index in [0.717, 1.165) is 5.06 Å². The molecule has 0 aliphatic carbocycles. The predicted molar refractivity (Wildman–Crippen MR) is 66.9 cm³/mol. The van der Waals surface area contributed by atoms with Crippen molar-refractivity contribution in [1.29, 1.82) is 0 Å². The fraction of sp³-hybridized carbons (Fsp3) is 0.286. The Bertz CT molecular complexity index is 481. The number of benzene rings is 1. The molecule has 0 saturated heterocycles. The molecule has 0 aromatic heterocycles. The molecule has 1 aliphatic rings. The Hall–Kier alpha value is -1.94. The number of hydrogen-bond donors (Lipinski definition) is 0. The predicted octanol–water partition coefficient (Wildman–Crippen LogP) is 2.57. The van der Waals surface area contributed by atoms with Crippen LogP contribution in [-0.4, -0.2) is 23.5 Å². The van der Waals surface area contributed by atoms with E-state index in [1.165, 1.54) is 5.57 Å². The standard InChI is InChI=1S/C14H15NO3/c1-10(2)6-5-9-18-15-13(16)11-7-3-4-8-12(11)14(15)17/h3-4,6-8H,5,9H2,1-2H3. The minimum atomic E-state index is -0.382. The summed E-state index contributed by atoms with van der Waals surface area (Å²) in [4.78, 5) is 29.0. The Balaban J connectivity index is 2.03. The maximum Gasteiger partial charge on any atom is 0.285 e. The van der Waals surface area contributed by atoms with Crippen molar-refractivity contribution in [2.45, 2.75) is 20.3 Å². The van der Waals surface area contributed by atoms with E-state index in [2.05, 4.69) is 0 Å². The first-order valence-electron chi connectivity index (χ1n) is 5.85. The second-order valence-electron chi connectivity index (χ2n) is 4.35. The summed E-state index contributed by atoms with van der Waals surface area (Å²) >= 11 is 0. The van der Waals surface area contributed by atoms with Crippen LogP contribution in [-0.2, 0) is 4.84 Å². The van der Waals surface area contributed by atoms with Gasteiger partial charge in [-0.3, -0.25) is 14.4 Å². The van der Waals surface area contributed by atoms with E-state index in [-0.39, 0.29) is 11.8 Å². The van der Waals surface area contributed by atoms with Gasteiger partial charge < -0.3 is 0 Å². The molecule has 0 atom stereocenters. The van der Waals surface area contributed by atoms with Crippen LogP contribution in [0.1, 0.15) is 41.0 Å². The molecule has 2 rings (SSSR count). The molecule has 2 amide bonds. The topological polar surface area (TPSA) is 46.6 Å². The lowest BCUT2D eigenvalue weighted by Crippen LogP contribution is -2.30. The third kappa shape index (κ3) is 2.33. The normalized spacial score (nSPS) is 13.8. The lowest BCUT2D eigenvalue weighted by molar-refractivity contribution is -0.0897. The van der Waals surface area contributed by atoms with E-state index in [4.69, 9.17) is 4.84 Å². The summed E-state index contributed by atoms with van der Waals surface area (Å²) in [5, 5.41) is 0.851. The quantitative estimate of drug-likeness (QED) is 0.465. The summed E-state index contributed by atoms with van der Waals surface area (Å²) < 4.78 is 0. The van der Waals surface area contributed by atoms with Gasteiger partial charge in [0.05, 0.1) is 17.7 Å². The fourth-order valence-electron chi connectivity index (χ4n) is 1.78. The molecule has 0 spiro atoms. The second-order valence-corrected chi connectivity index (χ2v) is 4.35. The van der Waals surface area contributed by atoms with Crippen LogP contribution >= 0.6 is 0 Å². The minimum Gasteiger partial charge on any atom is -0.266 e. The van der Waals surface area contributed by atoms with Crippen molar-refractivity contribution >= 4 is 11.8 Å². The SMILES string of the molecule is CC(C)=CCCON1C(=O)c2ccccc2C1=O. The third-order valence-corrected chi connectivity index (χ3v) is 2.65. The van der Waals surface area contributed by atoms with Crippen LogP contribution in [0.3, 0.4) is 0 Å². The molecular weight excluding hydrogens is 230 g/mol. The van der Waals surface area contributed by atoms with E-state index in [1.807, 2.05) is 19.9 Å². The van der Waals surface area contributed by atoms with Crippen LogP contribution in [0, 0.1) is 0 Å². The zero-order valence-electron chi connectivity index (χ0n) is 10.5. The monoisotopic (exact) mass is 245 g/mol. The third-order valence-electron chi connectivity index (χ3n) is 2.65. The van der Waals surface area contributed by atoms with Crippen LogP contribution in [0.4, 0.5) is 0 Å². The largest absolute Gasteiger partial charge is 0.285 e. The highest BCUT2D eigenvalue weighted by Gasteiger charge is 2.36. The Morgan fingerprint density at radius 3 is 2.22 bits per heavy atom. The van der Waals surface area contributed by atoms with Gasteiger partial charge in [-0.05, 0) is 32.4 Å². The lowest BCUT2D eigenvalue weighted by atomic mass is 10.1. The van der Waals surface area contributed by atoms with Gasteiger partial charge in [-0.1, -0.05) is 23.8 Å². The lowest BCUT2D eigenvalue weighted by Gasteiger charge is -2.12. The number of hydrogen-bond acceptors (Lipinski definition) is 3. The van der Waals surface area contributed by atoms with Gasteiger partial charge in [0.1, 0.15) is 0 Å². The van der Waals surface area contributed by atoms with Gasteiger partial charge in [0.2, 0.25) is 0 Å². The van der Waals surface area contributed by atoms with Crippen molar-refractivity contribution in [3.05, 3.63) is 47.0 Å². The molecule has 1 aromatic rings. The number of rotatable bonds is 4. The van der Waals surface area contributed by atoms with Gasteiger partial charge in [-0.15, -0.1) is 5.06 Å². The highest BCUT2D eigenvalue weighted by atomic mass is 16.7. The van der Waals surface area contributed by atoms with E-state index in [9.17, 15) is 9.59 Å². The first-order valence-corrected chi connectivity index (χ1v) is 5.85. The van der Waals surface area contributed by atoms with E-state index in [0.29, 0.717) is 24.2 Å². The zero-order chi connectivity index (χ0) is 13.1. The van der Waals surface area contributed by atoms with E-state index < -0.39 is 0 Å².